The Kier molecular flexibility index (Phi) is 5.63. The average molecular weight is 357 g/mol. The molecule has 24 heavy (non-hydrogen) atoms. The molecule has 1 aliphatic rings. The van der Waals surface area contributed by atoms with Gasteiger partial charge in [-0.25, -0.2) is 4.99 Å². The molecule has 1 N–H and O–H groups in total. The number of fused-ring (bicyclic) bond motifs is 1. The molecular formula is C19H20N2OS2. The molecule has 0 aromatic heterocycles. The van der Waals surface area contributed by atoms with Crippen LogP contribution in [-0.4, -0.2) is 16.0 Å². The van der Waals surface area contributed by atoms with Crippen LogP contribution in [0.5, 0.6) is 0 Å². The van der Waals surface area contributed by atoms with Crippen molar-refractivity contribution in [3.8, 4) is 0 Å². The Morgan fingerprint density at radius 1 is 1.21 bits per heavy atom. The van der Waals surface area contributed by atoms with Crippen molar-refractivity contribution >= 4 is 45.2 Å². The van der Waals surface area contributed by atoms with E-state index in [1.807, 2.05) is 36.4 Å². The van der Waals surface area contributed by atoms with Crippen molar-refractivity contribution in [2.75, 3.05) is 11.1 Å². The number of amides is 1. The fourth-order valence-corrected chi connectivity index (χ4v) is 4.38. The monoisotopic (exact) mass is 356 g/mol. The molecule has 124 valence electrons. The number of carbonyl (C=O) groups excluding carboxylic acids is 1. The quantitative estimate of drug-likeness (QED) is 0.795. The van der Waals surface area contributed by atoms with Gasteiger partial charge in [0.2, 0.25) is 5.91 Å². The van der Waals surface area contributed by atoms with Crippen molar-refractivity contribution in [3.05, 3.63) is 59.7 Å². The molecule has 1 heterocycles. The molecular weight excluding hydrogens is 336 g/mol. The summed E-state index contributed by atoms with van der Waals surface area (Å²) in [5, 5.41) is 3.03. The molecule has 0 fully saturated rings. The first-order chi connectivity index (χ1) is 11.6. The number of hydrogen-bond acceptors (Lipinski definition) is 4. The third kappa shape index (κ3) is 4.22. The van der Waals surface area contributed by atoms with Crippen LogP contribution in [0, 0.1) is 0 Å². The van der Waals surface area contributed by atoms with Crippen molar-refractivity contribution in [2.24, 2.45) is 4.99 Å². The number of hydrogen-bond donors (Lipinski definition) is 1. The van der Waals surface area contributed by atoms with Crippen molar-refractivity contribution in [3.63, 3.8) is 0 Å². The second kappa shape index (κ2) is 7.90. The maximum atomic E-state index is 12.3. The number of benzene rings is 2. The van der Waals surface area contributed by atoms with Gasteiger partial charge in [0.1, 0.15) is 4.38 Å². The Morgan fingerprint density at radius 2 is 1.96 bits per heavy atom. The minimum absolute atomic E-state index is 0.00950. The summed E-state index contributed by atoms with van der Waals surface area (Å²) >= 11 is 3.20. The van der Waals surface area contributed by atoms with E-state index >= 15 is 0 Å². The number of aliphatic imine (C=N–C) groups is 1. The molecule has 0 saturated heterocycles. The standard InChI is InChI=1S/C19H20N2OS2/c1-13(2)15-8-4-6-10-17(15)20-18(22)12-24-19-21-16-9-5-3-7-14(16)11-23-19/h3-10,13H,11-12H2,1-2H3,(H,20,22). The first-order valence-electron chi connectivity index (χ1n) is 7.94. The first kappa shape index (κ1) is 17.1. The lowest BCUT2D eigenvalue weighted by atomic mass is 10.0. The van der Waals surface area contributed by atoms with E-state index in [0.717, 1.165) is 27.1 Å². The van der Waals surface area contributed by atoms with Crippen LogP contribution < -0.4 is 5.32 Å². The summed E-state index contributed by atoms with van der Waals surface area (Å²) in [5.74, 6) is 1.68. The molecule has 3 nitrogen and oxygen atoms in total. The topological polar surface area (TPSA) is 41.5 Å². The smallest absolute Gasteiger partial charge is 0.234 e. The largest absolute Gasteiger partial charge is 0.325 e. The Hall–Kier alpha value is -1.72. The molecule has 0 aliphatic carbocycles. The van der Waals surface area contributed by atoms with Crippen LogP contribution in [-0.2, 0) is 10.5 Å². The SMILES string of the molecule is CC(C)c1ccccc1NC(=O)CSC1=Nc2ccccc2CS1. The lowest BCUT2D eigenvalue weighted by molar-refractivity contribution is -0.113. The second-order valence-corrected chi connectivity index (χ2v) is 8.06. The van der Waals surface area contributed by atoms with Gasteiger partial charge in [-0.3, -0.25) is 4.79 Å². The Morgan fingerprint density at radius 3 is 2.79 bits per heavy atom. The van der Waals surface area contributed by atoms with Crippen molar-refractivity contribution in [1.29, 1.82) is 0 Å². The van der Waals surface area contributed by atoms with Crippen LogP contribution in [0.4, 0.5) is 11.4 Å². The molecule has 0 bridgehead atoms. The van der Waals surface area contributed by atoms with Crippen LogP contribution in [0.3, 0.4) is 0 Å². The first-order valence-corrected chi connectivity index (χ1v) is 9.91. The molecule has 1 aliphatic heterocycles. The van der Waals surface area contributed by atoms with Gasteiger partial charge in [0, 0.05) is 11.4 Å². The maximum absolute atomic E-state index is 12.3. The van der Waals surface area contributed by atoms with E-state index in [-0.39, 0.29) is 5.91 Å². The molecule has 0 saturated carbocycles. The highest BCUT2D eigenvalue weighted by Gasteiger charge is 2.15. The van der Waals surface area contributed by atoms with Gasteiger partial charge >= 0.3 is 0 Å². The summed E-state index contributed by atoms with van der Waals surface area (Å²) in [5.41, 5.74) is 4.34. The van der Waals surface area contributed by atoms with Gasteiger partial charge in [0.25, 0.3) is 0 Å². The van der Waals surface area contributed by atoms with E-state index in [9.17, 15) is 4.79 Å². The van der Waals surface area contributed by atoms with E-state index < -0.39 is 0 Å². The van der Waals surface area contributed by atoms with Gasteiger partial charge in [-0.1, -0.05) is 73.8 Å². The van der Waals surface area contributed by atoms with Crippen molar-refractivity contribution < 1.29 is 4.79 Å². The predicted octanol–water partition coefficient (Wildman–Crippen LogP) is 5.42. The summed E-state index contributed by atoms with van der Waals surface area (Å²) in [7, 11) is 0. The molecule has 2 aromatic rings. The molecule has 0 unspecified atom stereocenters. The molecule has 2 aromatic carbocycles. The van der Waals surface area contributed by atoms with Gasteiger partial charge in [0.05, 0.1) is 11.4 Å². The summed E-state index contributed by atoms with van der Waals surface area (Å²) in [6.45, 7) is 4.26. The Labute approximate surface area is 151 Å². The van der Waals surface area contributed by atoms with E-state index in [4.69, 9.17) is 0 Å². The fraction of sp³-hybridized carbons (Fsp3) is 0.263. The van der Waals surface area contributed by atoms with Crippen LogP contribution in [0.1, 0.15) is 30.9 Å². The molecule has 1 amide bonds. The predicted molar refractivity (Wildman–Crippen MR) is 106 cm³/mol. The van der Waals surface area contributed by atoms with E-state index in [2.05, 4.69) is 36.3 Å². The highest BCUT2D eigenvalue weighted by molar-refractivity contribution is 8.38. The van der Waals surface area contributed by atoms with Crippen LogP contribution >= 0.6 is 23.5 Å². The summed E-state index contributed by atoms with van der Waals surface area (Å²) in [6.07, 6.45) is 0. The number of anilines is 1. The summed E-state index contributed by atoms with van der Waals surface area (Å²) < 4.78 is 0.959. The van der Waals surface area contributed by atoms with Crippen LogP contribution in [0.2, 0.25) is 0 Å². The Bertz CT molecular complexity index is 771. The zero-order valence-electron chi connectivity index (χ0n) is 13.8. The zero-order chi connectivity index (χ0) is 16.9. The third-order valence-electron chi connectivity index (χ3n) is 3.74. The average Bonchev–Trinajstić information content (AvgIpc) is 2.60. The van der Waals surface area contributed by atoms with Crippen molar-refractivity contribution in [2.45, 2.75) is 25.5 Å². The number of nitrogens with one attached hydrogen (secondary N) is 1. The maximum Gasteiger partial charge on any atom is 0.234 e. The molecule has 5 heteroatoms. The highest BCUT2D eigenvalue weighted by atomic mass is 32.2. The normalized spacial score (nSPS) is 13.4. The van der Waals surface area contributed by atoms with Gasteiger partial charge in [-0.2, -0.15) is 0 Å². The van der Waals surface area contributed by atoms with Gasteiger partial charge in [-0.15, -0.1) is 0 Å². The van der Waals surface area contributed by atoms with Gasteiger partial charge in [0.15, 0.2) is 0 Å². The highest BCUT2D eigenvalue weighted by Crippen LogP contribution is 2.34. The molecule has 0 atom stereocenters. The van der Waals surface area contributed by atoms with E-state index in [0.29, 0.717) is 11.7 Å². The number of nitrogens with zero attached hydrogens (tertiary/aromatic N) is 1. The number of thioether (sulfide) groups is 2. The lowest BCUT2D eigenvalue weighted by Crippen LogP contribution is -2.16. The second-order valence-electron chi connectivity index (χ2n) is 5.87. The summed E-state index contributed by atoms with van der Waals surface area (Å²) in [4.78, 5) is 16.9. The molecule has 0 radical (unpaired) electrons. The Balaban J connectivity index is 1.60. The fourth-order valence-electron chi connectivity index (χ4n) is 2.51. The molecule has 0 spiro atoms. The van der Waals surface area contributed by atoms with Gasteiger partial charge in [-0.05, 0) is 29.2 Å². The third-order valence-corrected chi connectivity index (χ3v) is 5.98. The summed E-state index contributed by atoms with van der Waals surface area (Å²) in [6, 6.07) is 16.1. The molecule has 3 rings (SSSR count). The minimum atomic E-state index is 0.00950. The van der Waals surface area contributed by atoms with Crippen LogP contribution in [0.15, 0.2) is 53.5 Å². The van der Waals surface area contributed by atoms with Crippen LogP contribution in [0.25, 0.3) is 0 Å². The zero-order valence-corrected chi connectivity index (χ0v) is 15.4. The van der Waals surface area contributed by atoms with E-state index in [1.54, 1.807) is 11.8 Å². The number of rotatable bonds is 4. The van der Waals surface area contributed by atoms with E-state index in [1.165, 1.54) is 17.3 Å². The number of carbonyl (C=O) groups is 1. The minimum Gasteiger partial charge on any atom is -0.325 e. The van der Waals surface area contributed by atoms with Crippen molar-refractivity contribution in [1.82, 2.24) is 0 Å². The van der Waals surface area contributed by atoms with Gasteiger partial charge < -0.3 is 5.32 Å². The number of para-hydroxylation sites is 2. The lowest BCUT2D eigenvalue weighted by Gasteiger charge is -2.15.